The molecule has 1 aromatic heterocycles. The number of aromatic nitrogens is 4. The molecule has 3 aromatic carbocycles. The lowest BCUT2D eigenvalue weighted by atomic mass is 10.1. The van der Waals surface area contributed by atoms with Crippen LogP contribution in [0.1, 0.15) is 0 Å². The fraction of sp³-hybridized carbons (Fsp3) is 0.0526. The van der Waals surface area contributed by atoms with Gasteiger partial charge in [-0.05, 0) is 57.6 Å². The summed E-state index contributed by atoms with van der Waals surface area (Å²) in [6, 6.07) is 20.5. The van der Waals surface area contributed by atoms with Crippen molar-refractivity contribution in [2.45, 2.75) is 0 Å². The van der Waals surface area contributed by atoms with E-state index in [4.69, 9.17) is 9.47 Å². The first-order valence-electron chi connectivity index (χ1n) is 7.94. The van der Waals surface area contributed by atoms with Gasteiger partial charge >= 0.3 is 5.97 Å². The SMILES string of the molecule is O=C(COc1ccc2ccccc2c1)Oc1ccc(-n2cnnn2)cc1. The number of hydrogen-bond acceptors (Lipinski definition) is 6. The molecule has 4 aromatic rings. The minimum Gasteiger partial charge on any atom is -0.482 e. The fourth-order valence-corrected chi connectivity index (χ4v) is 2.51. The van der Waals surface area contributed by atoms with Crippen molar-refractivity contribution in [3.8, 4) is 17.2 Å². The summed E-state index contributed by atoms with van der Waals surface area (Å²) < 4.78 is 12.3. The number of carbonyl (C=O) groups excluding carboxylic acids is 1. The van der Waals surface area contributed by atoms with Crippen LogP contribution in [0.2, 0.25) is 0 Å². The number of benzene rings is 3. The second kappa shape index (κ2) is 7.02. The van der Waals surface area contributed by atoms with E-state index in [1.165, 1.54) is 11.0 Å². The van der Waals surface area contributed by atoms with E-state index >= 15 is 0 Å². The lowest BCUT2D eigenvalue weighted by Gasteiger charge is -2.08. The third kappa shape index (κ3) is 3.51. The summed E-state index contributed by atoms with van der Waals surface area (Å²) in [4.78, 5) is 12.0. The molecular formula is C19H14N4O3. The van der Waals surface area contributed by atoms with E-state index in [0.29, 0.717) is 11.5 Å². The minimum atomic E-state index is -0.478. The summed E-state index contributed by atoms with van der Waals surface area (Å²) in [5.41, 5.74) is 0.766. The maximum atomic E-state index is 12.0. The normalized spacial score (nSPS) is 10.6. The fourth-order valence-electron chi connectivity index (χ4n) is 2.51. The topological polar surface area (TPSA) is 79.1 Å². The van der Waals surface area contributed by atoms with Gasteiger partial charge in [-0.15, -0.1) is 5.10 Å². The molecule has 0 atom stereocenters. The van der Waals surface area contributed by atoms with Gasteiger partial charge in [-0.1, -0.05) is 30.3 Å². The molecule has 128 valence electrons. The molecule has 0 aliphatic carbocycles. The highest BCUT2D eigenvalue weighted by Crippen LogP contribution is 2.20. The second-order valence-electron chi connectivity index (χ2n) is 5.52. The standard InChI is InChI=1S/C19H14N4O3/c24-19(12-25-18-8-5-14-3-1-2-4-15(14)11-18)26-17-9-6-16(7-10-17)23-13-20-21-22-23/h1-11,13H,12H2. The van der Waals surface area contributed by atoms with Gasteiger partial charge in [0, 0.05) is 0 Å². The molecule has 0 spiro atoms. The van der Waals surface area contributed by atoms with Gasteiger partial charge in [0.25, 0.3) is 0 Å². The molecule has 26 heavy (non-hydrogen) atoms. The van der Waals surface area contributed by atoms with Crippen LogP contribution in [0.25, 0.3) is 16.5 Å². The van der Waals surface area contributed by atoms with E-state index in [2.05, 4.69) is 15.5 Å². The van der Waals surface area contributed by atoms with E-state index < -0.39 is 5.97 Å². The van der Waals surface area contributed by atoms with Crippen LogP contribution < -0.4 is 9.47 Å². The maximum Gasteiger partial charge on any atom is 0.349 e. The van der Waals surface area contributed by atoms with Crippen LogP contribution in [-0.2, 0) is 4.79 Å². The highest BCUT2D eigenvalue weighted by atomic mass is 16.6. The molecular weight excluding hydrogens is 332 g/mol. The van der Waals surface area contributed by atoms with Crippen molar-refractivity contribution in [3.05, 3.63) is 73.1 Å². The Balaban J connectivity index is 1.36. The Kier molecular flexibility index (Phi) is 4.26. The van der Waals surface area contributed by atoms with Crippen LogP contribution in [0.5, 0.6) is 11.5 Å². The molecule has 0 aliphatic heterocycles. The first-order chi connectivity index (χ1) is 12.8. The number of esters is 1. The molecule has 0 saturated carbocycles. The van der Waals surface area contributed by atoms with Crippen molar-refractivity contribution in [1.29, 1.82) is 0 Å². The lowest BCUT2D eigenvalue weighted by molar-refractivity contribution is -0.136. The van der Waals surface area contributed by atoms with Gasteiger partial charge < -0.3 is 9.47 Å². The summed E-state index contributed by atoms with van der Waals surface area (Å²) in [5, 5.41) is 13.1. The van der Waals surface area contributed by atoms with Crippen LogP contribution in [0.4, 0.5) is 0 Å². The van der Waals surface area contributed by atoms with Crippen molar-refractivity contribution in [1.82, 2.24) is 20.2 Å². The Hall–Kier alpha value is -3.74. The van der Waals surface area contributed by atoms with E-state index in [0.717, 1.165) is 16.5 Å². The minimum absolute atomic E-state index is 0.174. The summed E-state index contributed by atoms with van der Waals surface area (Å²) in [6.07, 6.45) is 1.48. The smallest absolute Gasteiger partial charge is 0.349 e. The number of carbonyl (C=O) groups is 1. The first kappa shape index (κ1) is 15.8. The highest BCUT2D eigenvalue weighted by Gasteiger charge is 2.07. The predicted octanol–water partition coefficient (Wildman–Crippen LogP) is 2.80. The predicted molar refractivity (Wildman–Crippen MR) is 94.2 cm³/mol. The number of rotatable bonds is 5. The Morgan fingerprint density at radius 1 is 0.923 bits per heavy atom. The number of tetrazole rings is 1. The molecule has 0 radical (unpaired) electrons. The van der Waals surface area contributed by atoms with Crippen LogP contribution in [0, 0.1) is 0 Å². The summed E-state index contributed by atoms with van der Waals surface area (Å²) in [7, 11) is 0. The molecule has 1 heterocycles. The van der Waals surface area contributed by atoms with Crippen molar-refractivity contribution in [2.75, 3.05) is 6.61 Å². The Morgan fingerprint density at radius 2 is 1.69 bits per heavy atom. The zero-order valence-corrected chi connectivity index (χ0v) is 13.6. The second-order valence-corrected chi connectivity index (χ2v) is 5.52. The van der Waals surface area contributed by atoms with E-state index in [-0.39, 0.29) is 6.61 Å². The van der Waals surface area contributed by atoms with Crippen molar-refractivity contribution < 1.29 is 14.3 Å². The molecule has 0 bridgehead atoms. The molecule has 0 N–H and O–H groups in total. The molecule has 0 saturated heterocycles. The van der Waals surface area contributed by atoms with Gasteiger partial charge in [0.2, 0.25) is 0 Å². The van der Waals surface area contributed by atoms with Gasteiger partial charge in [-0.3, -0.25) is 0 Å². The Morgan fingerprint density at radius 3 is 2.46 bits per heavy atom. The van der Waals surface area contributed by atoms with Gasteiger partial charge in [0.15, 0.2) is 6.61 Å². The molecule has 4 rings (SSSR count). The van der Waals surface area contributed by atoms with Crippen molar-refractivity contribution in [3.63, 3.8) is 0 Å². The van der Waals surface area contributed by atoms with Crippen LogP contribution in [0.15, 0.2) is 73.1 Å². The van der Waals surface area contributed by atoms with Gasteiger partial charge in [-0.2, -0.15) is 0 Å². The van der Waals surface area contributed by atoms with Gasteiger partial charge in [0.05, 0.1) is 5.69 Å². The molecule has 0 unspecified atom stereocenters. The zero-order valence-electron chi connectivity index (χ0n) is 13.6. The molecule has 0 aliphatic rings. The maximum absolute atomic E-state index is 12.0. The number of hydrogen-bond donors (Lipinski definition) is 0. The third-order valence-electron chi connectivity index (χ3n) is 3.76. The summed E-state index contributed by atoms with van der Waals surface area (Å²) >= 11 is 0. The molecule has 0 amide bonds. The highest BCUT2D eigenvalue weighted by molar-refractivity contribution is 5.83. The van der Waals surface area contributed by atoms with E-state index in [1.807, 2.05) is 42.5 Å². The lowest BCUT2D eigenvalue weighted by Crippen LogP contribution is -2.17. The van der Waals surface area contributed by atoms with E-state index in [1.54, 1.807) is 24.3 Å². The van der Waals surface area contributed by atoms with Crippen molar-refractivity contribution in [2.24, 2.45) is 0 Å². The average molecular weight is 346 g/mol. The molecule has 7 heteroatoms. The van der Waals surface area contributed by atoms with Crippen LogP contribution in [0.3, 0.4) is 0 Å². The monoisotopic (exact) mass is 346 g/mol. The number of ether oxygens (including phenoxy) is 2. The largest absolute Gasteiger partial charge is 0.482 e. The van der Waals surface area contributed by atoms with Gasteiger partial charge in [-0.25, -0.2) is 9.48 Å². The van der Waals surface area contributed by atoms with Crippen LogP contribution >= 0.6 is 0 Å². The third-order valence-corrected chi connectivity index (χ3v) is 3.76. The zero-order chi connectivity index (χ0) is 17.8. The molecule has 7 nitrogen and oxygen atoms in total. The van der Waals surface area contributed by atoms with Crippen molar-refractivity contribution >= 4 is 16.7 Å². The Bertz CT molecular complexity index is 1030. The van der Waals surface area contributed by atoms with Gasteiger partial charge in [0.1, 0.15) is 17.8 Å². The molecule has 0 fully saturated rings. The first-order valence-corrected chi connectivity index (χ1v) is 7.94. The summed E-state index contributed by atoms with van der Waals surface area (Å²) in [5.74, 6) is 0.567. The Labute approximate surface area is 148 Å². The van der Waals surface area contributed by atoms with Crippen LogP contribution in [-0.4, -0.2) is 32.8 Å². The average Bonchev–Trinajstić information content (AvgIpc) is 3.22. The summed E-state index contributed by atoms with van der Waals surface area (Å²) in [6.45, 7) is -0.174. The number of fused-ring (bicyclic) bond motifs is 1. The number of nitrogens with zero attached hydrogens (tertiary/aromatic N) is 4. The quantitative estimate of drug-likeness (QED) is 0.408. The van der Waals surface area contributed by atoms with E-state index in [9.17, 15) is 4.79 Å².